The molecular weight excluding hydrogens is 280 g/mol. The Morgan fingerprint density at radius 3 is 2.95 bits per heavy atom. The van der Waals surface area contributed by atoms with Gasteiger partial charge in [0, 0.05) is 43.9 Å². The Hall–Kier alpha value is -1.66. The van der Waals surface area contributed by atoms with Gasteiger partial charge in [-0.1, -0.05) is 19.0 Å². The molecule has 1 atom stereocenters. The van der Waals surface area contributed by atoms with Gasteiger partial charge in [-0.2, -0.15) is 0 Å². The SMILES string of the molecule is Cc1ccc2c(n1)N(C)CC/C2=N\OCC(O)CNC(C)C. The first kappa shape index (κ1) is 16.7. The first-order valence-corrected chi connectivity index (χ1v) is 7.76. The van der Waals surface area contributed by atoms with Gasteiger partial charge in [0.25, 0.3) is 0 Å². The molecule has 0 bridgehead atoms. The molecule has 1 unspecified atom stereocenters. The number of oxime groups is 1. The molecule has 0 saturated heterocycles. The van der Waals surface area contributed by atoms with Gasteiger partial charge in [0.1, 0.15) is 18.5 Å². The largest absolute Gasteiger partial charge is 0.393 e. The fourth-order valence-corrected chi connectivity index (χ4v) is 2.30. The van der Waals surface area contributed by atoms with Crippen LogP contribution in [0.4, 0.5) is 5.82 Å². The maximum absolute atomic E-state index is 9.82. The quantitative estimate of drug-likeness (QED) is 0.776. The van der Waals surface area contributed by atoms with Crippen molar-refractivity contribution in [2.24, 2.45) is 5.16 Å². The number of hydrogen-bond acceptors (Lipinski definition) is 6. The number of hydrogen-bond donors (Lipinski definition) is 2. The van der Waals surface area contributed by atoms with E-state index in [-0.39, 0.29) is 6.61 Å². The maximum atomic E-state index is 9.82. The zero-order valence-electron chi connectivity index (χ0n) is 13.8. The molecule has 2 heterocycles. The van der Waals surface area contributed by atoms with Crippen molar-refractivity contribution >= 4 is 11.5 Å². The monoisotopic (exact) mass is 306 g/mol. The molecule has 122 valence electrons. The van der Waals surface area contributed by atoms with Crippen LogP contribution in [0.1, 0.15) is 31.5 Å². The molecule has 0 radical (unpaired) electrons. The lowest BCUT2D eigenvalue weighted by Gasteiger charge is -2.27. The summed E-state index contributed by atoms with van der Waals surface area (Å²) in [5.41, 5.74) is 2.89. The van der Waals surface area contributed by atoms with Gasteiger partial charge in [0.2, 0.25) is 0 Å². The number of pyridine rings is 1. The van der Waals surface area contributed by atoms with Gasteiger partial charge in [-0.15, -0.1) is 0 Å². The first-order valence-electron chi connectivity index (χ1n) is 7.76. The lowest BCUT2D eigenvalue weighted by molar-refractivity contribution is 0.0392. The molecule has 0 aliphatic carbocycles. The third-order valence-electron chi connectivity index (χ3n) is 3.57. The van der Waals surface area contributed by atoms with Crippen LogP contribution >= 0.6 is 0 Å². The average Bonchev–Trinajstić information content (AvgIpc) is 2.48. The fraction of sp³-hybridized carbons (Fsp3) is 0.625. The molecule has 0 fully saturated rings. The maximum Gasteiger partial charge on any atom is 0.144 e. The Balaban J connectivity index is 1.97. The highest BCUT2D eigenvalue weighted by molar-refractivity contribution is 6.05. The second kappa shape index (κ2) is 7.56. The standard InChI is InChI=1S/C16H26N4O2/c1-11(2)17-9-13(21)10-22-19-15-7-8-20(4)16-14(15)6-5-12(3)18-16/h5-6,11,13,17,21H,7-10H2,1-4H3/b19-15+. The van der Waals surface area contributed by atoms with Crippen molar-refractivity contribution in [3.05, 3.63) is 23.4 Å². The summed E-state index contributed by atoms with van der Waals surface area (Å²) in [5.74, 6) is 0.940. The molecule has 2 rings (SSSR count). The van der Waals surface area contributed by atoms with Crippen molar-refractivity contribution in [3.8, 4) is 0 Å². The van der Waals surface area contributed by atoms with Crippen molar-refractivity contribution in [1.29, 1.82) is 0 Å². The predicted octanol–water partition coefficient (Wildman–Crippen LogP) is 1.31. The fourth-order valence-electron chi connectivity index (χ4n) is 2.30. The van der Waals surface area contributed by atoms with Gasteiger partial charge in [-0.3, -0.25) is 0 Å². The number of aromatic nitrogens is 1. The van der Waals surface area contributed by atoms with Crippen LogP contribution < -0.4 is 10.2 Å². The molecule has 0 saturated carbocycles. The number of nitrogens with zero attached hydrogens (tertiary/aromatic N) is 3. The lowest BCUT2D eigenvalue weighted by Crippen LogP contribution is -2.34. The van der Waals surface area contributed by atoms with Gasteiger partial charge in [0.05, 0.1) is 5.71 Å². The molecule has 22 heavy (non-hydrogen) atoms. The molecule has 6 heteroatoms. The summed E-state index contributed by atoms with van der Waals surface area (Å²) in [6.07, 6.45) is 0.253. The summed E-state index contributed by atoms with van der Waals surface area (Å²) >= 11 is 0. The van der Waals surface area contributed by atoms with Crippen LogP contribution in [0.2, 0.25) is 0 Å². The summed E-state index contributed by atoms with van der Waals surface area (Å²) in [6.45, 7) is 7.62. The van der Waals surface area contributed by atoms with Crippen LogP contribution in [0.3, 0.4) is 0 Å². The minimum Gasteiger partial charge on any atom is -0.393 e. The van der Waals surface area contributed by atoms with Crippen molar-refractivity contribution in [2.75, 3.05) is 31.6 Å². The highest BCUT2D eigenvalue weighted by Crippen LogP contribution is 2.24. The summed E-state index contributed by atoms with van der Waals surface area (Å²) < 4.78 is 0. The van der Waals surface area contributed by atoms with E-state index in [0.717, 1.165) is 35.8 Å². The third kappa shape index (κ3) is 4.42. The Bertz CT molecular complexity index is 531. The van der Waals surface area contributed by atoms with E-state index in [1.165, 1.54) is 0 Å². The number of nitrogens with one attached hydrogen (secondary N) is 1. The molecule has 0 amide bonds. The van der Waals surface area contributed by atoms with E-state index in [1.807, 2.05) is 40.0 Å². The number of aliphatic hydroxyl groups excluding tert-OH is 1. The number of anilines is 1. The number of aliphatic hydroxyl groups is 1. The molecule has 1 aliphatic heterocycles. The van der Waals surface area contributed by atoms with E-state index in [4.69, 9.17) is 4.84 Å². The zero-order chi connectivity index (χ0) is 16.1. The molecule has 1 aliphatic rings. The van der Waals surface area contributed by atoms with Crippen molar-refractivity contribution < 1.29 is 9.94 Å². The smallest absolute Gasteiger partial charge is 0.144 e. The Morgan fingerprint density at radius 2 is 2.23 bits per heavy atom. The number of rotatable bonds is 6. The summed E-state index contributed by atoms with van der Waals surface area (Å²) in [6, 6.07) is 4.36. The Labute approximate surface area is 132 Å². The first-order chi connectivity index (χ1) is 10.5. The average molecular weight is 306 g/mol. The molecule has 6 nitrogen and oxygen atoms in total. The molecular formula is C16H26N4O2. The van der Waals surface area contributed by atoms with Gasteiger partial charge >= 0.3 is 0 Å². The summed E-state index contributed by atoms with van der Waals surface area (Å²) in [5, 5.41) is 17.2. The Kier molecular flexibility index (Phi) is 5.74. The molecule has 1 aromatic heterocycles. The second-order valence-electron chi connectivity index (χ2n) is 6.05. The topological polar surface area (TPSA) is 70.0 Å². The van der Waals surface area contributed by atoms with E-state index in [2.05, 4.69) is 20.4 Å². The van der Waals surface area contributed by atoms with Gasteiger partial charge in [-0.25, -0.2) is 4.98 Å². The second-order valence-corrected chi connectivity index (χ2v) is 6.05. The normalized spacial score (nSPS) is 17.7. The number of fused-ring (bicyclic) bond motifs is 1. The van der Waals surface area contributed by atoms with Crippen molar-refractivity contribution in [2.45, 2.75) is 39.3 Å². The molecule has 1 aromatic rings. The minimum absolute atomic E-state index is 0.188. The lowest BCUT2D eigenvalue weighted by atomic mass is 10.0. The highest BCUT2D eigenvalue weighted by atomic mass is 16.6. The van der Waals surface area contributed by atoms with E-state index in [0.29, 0.717) is 12.6 Å². The summed E-state index contributed by atoms with van der Waals surface area (Å²) in [4.78, 5) is 12.0. The number of aryl methyl sites for hydroxylation is 1. The van der Waals surface area contributed by atoms with Crippen LogP contribution in [-0.2, 0) is 4.84 Å². The van der Waals surface area contributed by atoms with Crippen molar-refractivity contribution in [3.63, 3.8) is 0 Å². The highest BCUT2D eigenvalue weighted by Gasteiger charge is 2.21. The van der Waals surface area contributed by atoms with Crippen LogP contribution in [0, 0.1) is 6.92 Å². The predicted molar refractivity (Wildman–Crippen MR) is 88.5 cm³/mol. The third-order valence-corrected chi connectivity index (χ3v) is 3.57. The van der Waals surface area contributed by atoms with Crippen LogP contribution in [-0.4, -0.2) is 54.7 Å². The van der Waals surface area contributed by atoms with Gasteiger partial charge in [0.15, 0.2) is 0 Å². The van der Waals surface area contributed by atoms with Crippen LogP contribution in [0.25, 0.3) is 0 Å². The Morgan fingerprint density at radius 1 is 1.45 bits per heavy atom. The minimum atomic E-state index is -0.561. The van der Waals surface area contributed by atoms with Crippen LogP contribution in [0.5, 0.6) is 0 Å². The van der Waals surface area contributed by atoms with Crippen molar-refractivity contribution in [1.82, 2.24) is 10.3 Å². The van der Waals surface area contributed by atoms with E-state index in [1.54, 1.807) is 0 Å². The van der Waals surface area contributed by atoms with Crippen LogP contribution in [0.15, 0.2) is 17.3 Å². The van der Waals surface area contributed by atoms with Gasteiger partial charge in [-0.05, 0) is 19.1 Å². The zero-order valence-corrected chi connectivity index (χ0v) is 13.8. The molecule has 0 spiro atoms. The molecule has 0 aromatic carbocycles. The van der Waals surface area contributed by atoms with E-state index >= 15 is 0 Å². The van der Waals surface area contributed by atoms with E-state index < -0.39 is 6.10 Å². The summed E-state index contributed by atoms with van der Waals surface area (Å²) in [7, 11) is 2.03. The van der Waals surface area contributed by atoms with Gasteiger partial charge < -0.3 is 20.2 Å². The van der Waals surface area contributed by atoms with E-state index in [9.17, 15) is 5.11 Å². The molecule has 2 N–H and O–H groups in total.